The molecular weight excluding hydrogens is 1590 g/mol. The normalized spacial score (nSPS) is 16.1. The van der Waals surface area contributed by atoms with Crippen molar-refractivity contribution in [2.75, 3.05) is 9.80 Å². The predicted molar refractivity (Wildman–Crippen MR) is 544 cm³/mol. The van der Waals surface area contributed by atoms with E-state index in [2.05, 4.69) is 499 Å². The SMILES string of the molecule is CC1(C)c2ccccc2-c2ccc(N(c3ccc4c(c3)-c3ccccc3C43c4ccccc4-c4c(-c5ccc6c(c5)-c5ccc(N(c7ccc8c(c7)C7(c9ccccc9-c9ccccc97)c7ccccc7-8)c7cccc8c7-c7ccccc7C8(c7ccccc7)c7ccccc7)cc5C6(C)C)cccc43)c3cccc4c3-c3ccccc3C4(c3ccccc3)c3ccccc3)cc21. The molecule has 0 amide bonds. The number of rotatable bonds is 11. The van der Waals surface area contributed by atoms with Gasteiger partial charge in [0.1, 0.15) is 0 Å². The highest BCUT2D eigenvalue weighted by Gasteiger charge is 2.56. The molecule has 28 rings (SSSR count). The molecule has 0 heterocycles. The van der Waals surface area contributed by atoms with E-state index in [1.807, 2.05) is 0 Å². The molecule has 0 fully saturated rings. The summed E-state index contributed by atoms with van der Waals surface area (Å²) in [6.07, 6.45) is 0. The van der Waals surface area contributed by atoms with Gasteiger partial charge in [-0.2, -0.15) is 0 Å². The molecule has 0 saturated carbocycles. The fourth-order valence-electron chi connectivity index (χ4n) is 26.8. The molecule has 20 aromatic carbocycles. The Kier molecular flexibility index (Phi) is 15.5. The Morgan fingerprint density at radius 2 is 0.394 bits per heavy atom. The number of hydrogen-bond acceptors (Lipinski definition) is 2. The van der Waals surface area contributed by atoms with E-state index in [1.165, 1.54) is 211 Å². The molecule has 8 aliphatic carbocycles. The van der Waals surface area contributed by atoms with Crippen LogP contribution in [0.4, 0.5) is 34.1 Å². The van der Waals surface area contributed by atoms with E-state index in [0.717, 1.165) is 34.1 Å². The van der Waals surface area contributed by atoms with Gasteiger partial charge in [-0.3, -0.25) is 0 Å². The van der Waals surface area contributed by atoms with Gasteiger partial charge >= 0.3 is 0 Å². The summed E-state index contributed by atoms with van der Waals surface area (Å²) in [5.74, 6) is 0. The molecule has 0 saturated heterocycles. The van der Waals surface area contributed by atoms with Crippen molar-refractivity contribution in [3.05, 3.63) is 572 Å². The van der Waals surface area contributed by atoms with Gasteiger partial charge in [-0.15, -0.1) is 0 Å². The van der Waals surface area contributed by atoms with Crippen LogP contribution in [0.15, 0.2) is 461 Å². The summed E-state index contributed by atoms with van der Waals surface area (Å²) in [6, 6.07) is 178. The van der Waals surface area contributed by atoms with E-state index >= 15 is 0 Å². The molecule has 2 nitrogen and oxygen atoms in total. The molecule has 0 aromatic heterocycles. The van der Waals surface area contributed by atoms with Crippen molar-refractivity contribution in [1.82, 2.24) is 0 Å². The lowest BCUT2D eigenvalue weighted by molar-refractivity contribution is 0.660. The smallest absolute Gasteiger partial charge is 0.0726 e. The van der Waals surface area contributed by atoms with Gasteiger partial charge in [-0.25, -0.2) is 0 Å². The van der Waals surface area contributed by atoms with Crippen LogP contribution in [0.5, 0.6) is 0 Å². The van der Waals surface area contributed by atoms with Gasteiger partial charge in [0.2, 0.25) is 0 Å². The molecule has 0 aliphatic heterocycles. The van der Waals surface area contributed by atoms with Crippen LogP contribution < -0.4 is 9.80 Å². The Morgan fingerprint density at radius 1 is 0.144 bits per heavy atom. The van der Waals surface area contributed by atoms with Crippen LogP contribution in [0.2, 0.25) is 0 Å². The first-order chi connectivity index (χ1) is 65.0. The maximum atomic E-state index is 2.64. The number of fused-ring (bicyclic) bond motifs is 32. The quantitative estimate of drug-likeness (QED) is 0.127. The molecule has 1 unspecified atom stereocenters. The highest BCUT2D eigenvalue weighted by Crippen LogP contribution is 2.70. The Labute approximate surface area is 771 Å². The van der Waals surface area contributed by atoms with Crippen molar-refractivity contribution in [2.24, 2.45) is 0 Å². The second kappa shape index (κ2) is 27.3. The predicted octanol–water partition coefficient (Wildman–Crippen LogP) is 32.3. The van der Waals surface area contributed by atoms with E-state index in [1.54, 1.807) is 0 Å². The number of anilines is 6. The number of nitrogens with zero attached hydrogens (tertiary/aromatic N) is 2. The lowest BCUT2D eigenvalue weighted by Crippen LogP contribution is -2.28. The molecule has 0 radical (unpaired) electrons. The largest absolute Gasteiger partial charge is 0.310 e. The first kappa shape index (κ1) is 75.0. The highest BCUT2D eigenvalue weighted by molar-refractivity contribution is 6.06. The molecule has 618 valence electrons. The van der Waals surface area contributed by atoms with E-state index in [4.69, 9.17) is 0 Å². The summed E-state index contributed by atoms with van der Waals surface area (Å²) in [5.41, 5.74) is 52.3. The fraction of sp³-hybridized carbons (Fsp3) is 0.0769. The summed E-state index contributed by atoms with van der Waals surface area (Å²) >= 11 is 0. The Balaban J connectivity index is 0.614. The zero-order valence-electron chi connectivity index (χ0n) is 73.8. The van der Waals surface area contributed by atoms with Gasteiger partial charge in [0, 0.05) is 44.7 Å². The number of benzene rings is 20. The number of hydrogen-bond donors (Lipinski definition) is 0. The van der Waals surface area contributed by atoms with E-state index in [9.17, 15) is 0 Å². The molecule has 0 N–H and O–H groups in total. The van der Waals surface area contributed by atoms with Crippen LogP contribution >= 0.6 is 0 Å². The second-order valence-corrected chi connectivity index (χ2v) is 38.6. The van der Waals surface area contributed by atoms with Gasteiger partial charge in [-0.05, 0) is 267 Å². The minimum absolute atomic E-state index is 0.239. The van der Waals surface area contributed by atoms with E-state index in [0.29, 0.717) is 0 Å². The van der Waals surface area contributed by atoms with Gasteiger partial charge in [0.25, 0.3) is 0 Å². The van der Waals surface area contributed by atoms with Gasteiger partial charge in [0.15, 0.2) is 0 Å². The van der Waals surface area contributed by atoms with E-state index in [-0.39, 0.29) is 5.41 Å². The third-order valence-corrected chi connectivity index (χ3v) is 32.1. The average molecular weight is 1680 g/mol. The van der Waals surface area contributed by atoms with Crippen LogP contribution in [0.25, 0.3) is 100 Å². The molecular formula is C130H88N2. The lowest BCUT2D eigenvalue weighted by Gasteiger charge is -2.35. The molecule has 1 atom stereocenters. The van der Waals surface area contributed by atoms with Crippen LogP contribution in [-0.2, 0) is 32.5 Å². The third kappa shape index (κ3) is 9.52. The summed E-state index contributed by atoms with van der Waals surface area (Å²) in [5, 5.41) is 0. The first-order valence-electron chi connectivity index (χ1n) is 46.8. The van der Waals surface area contributed by atoms with Gasteiger partial charge < -0.3 is 9.80 Å². The molecule has 0 bridgehead atoms. The van der Waals surface area contributed by atoms with Gasteiger partial charge in [-0.1, -0.05) is 422 Å². The van der Waals surface area contributed by atoms with Crippen molar-refractivity contribution in [1.29, 1.82) is 0 Å². The Morgan fingerprint density at radius 3 is 0.826 bits per heavy atom. The monoisotopic (exact) mass is 1680 g/mol. The molecule has 2 spiro atoms. The summed E-state index contributed by atoms with van der Waals surface area (Å²) < 4.78 is 0. The zero-order chi connectivity index (χ0) is 87.3. The van der Waals surface area contributed by atoms with Crippen LogP contribution in [0, 0.1) is 0 Å². The third-order valence-electron chi connectivity index (χ3n) is 32.1. The molecule has 20 aromatic rings. The fourth-order valence-corrected chi connectivity index (χ4v) is 26.8. The summed E-state index contributed by atoms with van der Waals surface area (Å²) in [6.45, 7) is 9.74. The topological polar surface area (TPSA) is 6.48 Å². The standard InChI is InChI=1S/C130H88N2/c1-125(2)104-53-25-17-44-91(104)96-71-67-87(78-117(96)125)131(120-64-34-62-115-123(120)100-50-23-30-58-110(100)127(115,82-36-9-5-10-37-82)83-38-11-6-12-39-83)86-70-75-113-103(77-86)95-48-21-29-57-109(95)129(113)112-60-32-22-49-99(112)122-90(52-33-61-114(122)129)81-66-74-105-102(76-81)98-73-69-88(79-118(98)126(105,3)4)132(121-65-35-63-116-124(121)101-51-24-31-59-111(101)128(116,84-40-13-7-14-41-84)85-42-15-8-16-43-85)89-68-72-97-94-47-20-28-56-108(94)130(119(97)80-89)106-54-26-18-45-92(106)93-46-19-27-55-107(93)130/h5-80H,1-4H3. The van der Waals surface area contributed by atoms with Crippen LogP contribution in [0.3, 0.4) is 0 Å². The summed E-state index contributed by atoms with van der Waals surface area (Å²) in [4.78, 5) is 5.25. The Bertz CT molecular complexity index is 8210. The molecule has 2 heteroatoms. The molecule has 8 aliphatic rings. The Hall–Kier alpha value is -16.0. The van der Waals surface area contributed by atoms with Crippen molar-refractivity contribution in [2.45, 2.75) is 60.2 Å². The first-order valence-corrected chi connectivity index (χ1v) is 46.8. The summed E-state index contributed by atoms with van der Waals surface area (Å²) in [7, 11) is 0. The maximum Gasteiger partial charge on any atom is 0.0726 e. The minimum atomic E-state index is -0.646. The van der Waals surface area contributed by atoms with E-state index < -0.39 is 27.1 Å². The van der Waals surface area contributed by atoms with Crippen LogP contribution in [0.1, 0.15) is 139 Å². The van der Waals surface area contributed by atoms with Crippen molar-refractivity contribution < 1.29 is 0 Å². The maximum absolute atomic E-state index is 2.64. The second-order valence-electron chi connectivity index (χ2n) is 38.6. The van der Waals surface area contributed by atoms with Crippen molar-refractivity contribution >= 4 is 34.1 Å². The lowest BCUT2D eigenvalue weighted by atomic mass is 9.68. The van der Waals surface area contributed by atoms with Crippen LogP contribution in [-0.4, -0.2) is 0 Å². The molecule has 132 heavy (non-hydrogen) atoms. The average Bonchev–Trinajstić information content (AvgIpc) is 1.48. The zero-order valence-corrected chi connectivity index (χ0v) is 73.8. The van der Waals surface area contributed by atoms with Crippen molar-refractivity contribution in [3.63, 3.8) is 0 Å². The van der Waals surface area contributed by atoms with Gasteiger partial charge in [0.05, 0.1) is 33.0 Å². The minimum Gasteiger partial charge on any atom is -0.310 e. The highest BCUT2D eigenvalue weighted by atomic mass is 15.2. The van der Waals surface area contributed by atoms with Crippen molar-refractivity contribution in [3.8, 4) is 100 Å².